The molecule has 1 saturated heterocycles. The number of pyridine rings is 1. The summed E-state index contributed by atoms with van der Waals surface area (Å²) >= 11 is 0. The molecule has 0 aliphatic carbocycles. The van der Waals surface area contributed by atoms with Crippen LogP contribution in [0.15, 0.2) is 91.3 Å². The van der Waals surface area contributed by atoms with Gasteiger partial charge in [-0.25, -0.2) is 0 Å². The molecular weight excluding hydrogens is 683 g/mol. The van der Waals surface area contributed by atoms with Crippen molar-refractivity contribution in [2.45, 2.75) is 51.4 Å². The van der Waals surface area contributed by atoms with Crippen LogP contribution in [0.1, 0.15) is 55.9 Å². The van der Waals surface area contributed by atoms with Gasteiger partial charge in [0.25, 0.3) is 11.8 Å². The van der Waals surface area contributed by atoms with Crippen LogP contribution in [0.2, 0.25) is 0 Å². The number of nitrogens with zero attached hydrogens (tertiary/aromatic N) is 5. The van der Waals surface area contributed by atoms with E-state index in [-0.39, 0.29) is 30.4 Å². The highest BCUT2D eigenvalue weighted by atomic mass is 16.7. The molecule has 9 rings (SSSR count). The number of phenolic OH excluding ortho intramolecular Hbond substituents is 1. The molecule has 4 aliphatic rings. The first-order chi connectivity index (χ1) is 26.5. The quantitative estimate of drug-likeness (QED) is 0.206. The Balaban J connectivity index is 1.13. The first kappa shape index (κ1) is 34.1. The van der Waals surface area contributed by atoms with E-state index in [1.165, 1.54) is 5.56 Å². The van der Waals surface area contributed by atoms with Gasteiger partial charge >= 0.3 is 0 Å². The van der Waals surface area contributed by atoms with Crippen molar-refractivity contribution in [3.63, 3.8) is 0 Å². The van der Waals surface area contributed by atoms with Gasteiger partial charge in [0.15, 0.2) is 11.5 Å². The van der Waals surface area contributed by atoms with E-state index in [1.807, 2.05) is 41.3 Å². The van der Waals surface area contributed by atoms with Crippen LogP contribution in [-0.4, -0.2) is 82.0 Å². The lowest BCUT2D eigenvalue weighted by Gasteiger charge is -2.40. The minimum atomic E-state index is -0.159. The molecule has 276 valence electrons. The summed E-state index contributed by atoms with van der Waals surface area (Å²) < 4.78 is 19.6. The minimum absolute atomic E-state index is 0.0338. The maximum Gasteiger partial charge on any atom is 0.260 e. The number of morpholine rings is 1. The predicted octanol–water partition coefficient (Wildman–Crippen LogP) is 6.07. The van der Waals surface area contributed by atoms with Crippen LogP contribution >= 0.6 is 0 Å². The van der Waals surface area contributed by atoms with Gasteiger partial charge in [-0.05, 0) is 90.9 Å². The monoisotopic (exact) mass is 725 g/mol. The number of benzene rings is 3. The molecule has 0 radical (unpaired) electrons. The molecule has 0 bridgehead atoms. The number of hydrogen-bond donors (Lipinski definition) is 1. The smallest absolute Gasteiger partial charge is 0.260 e. The summed E-state index contributed by atoms with van der Waals surface area (Å²) in [5.41, 5.74) is 7.57. The van der Waals surface area contributed by atoms with Crippen molar-refractivity contribution in [1.29, 1.82) is 0 Å². The number of hydrogen-bond acceptors (Lipinski definition) is 8. The maximum absolute atomic E-state index is 15.2. The van der Waals surface area contributed by atoms with Gasteiger partial charge in [-0.3, -0.25) is 19.5 Å². The Morgan fingerprint density at radius 3 is 2.46 bits per heavy atom. The second-order valence-electron chi connectivity index (χ2n) is 14.5. The first-order valence-corrected chi connectivity index (χ1v) is 18.8. The van der Waals surface area contributed by atoms with Crippen molar-refractivity contribution in [3.8, 4) is 28.5 Å². The van der Waals surface area contributed by atoms with Crippen molar-refractivity contribution in [1.82, 2.24) is 19.4 Å². The molecule has 2 aromatic heterocycles. The van der Waals surface area contributed by atoms with Gasteiger partial charge in [0.1, 0.15) is 5.75 Å². The fourth-order valence-corrected chi connectivity index (χ4v) is 8.37. The van der Waals surface area contributed by atoms with E-state index in [2.05, 4.69) is 32.7 Å². The van der Waals surface area contributed by atoms with Crippen molar-refractivity contribution in [2.24, 2.45) is 0 Å². The van der Waals surface area contributed by atoms with Crippen LogP contribution in [0.5, 0.6) is 17.2 Å². The molecule has 1 N–H and O–H groups in total. The Hall–Kier alpha value is -5.65. The Morgan fingerprint density at radius 2 is 1.67 bits per heavy atom. The van der Waals surface area contributed by atoms with Crippen LogP contribution in [0.25, 0.3) is 11.3 Å². The molecule has 3 aromatic carbocycles. The molecule has 2 amide bonds. The highest BCUT2D eigenvalue weighted by molar-refractivity contribution is 6.09. The van der Waals surface area contributed by atoms with E-state index < -0.39 is 0 Å². The lowest BCUT2D eigenvalue weighted by Crippen LogP contribution is -2.52. The van der Waals surface area contributed by atoms with Gasteiger partial charge in [-0.2, -0.15) is 0 Å². The Morgan fingerprint density at radius 1 is 0.870 bits per heavy atom. The number of carbonyl (C=O) groups is 2. The lowest BCUT2D eigenvalue weighted by atomic mass is 9.92. The van der Waals surface area contributed by atoms with E-state index in [4.69, 9.17) is 14.2 Å². The lowest BCUT2D eigenvalue weighted by molar-refractivity contribution is 0.0193. The second kappa shape index (κ2) is 14.6. The molecule has 11 nitrogen and oxygen atoms in total. The molecule has 0 spiro atoms. The fraction of sp³-hybridized carbons (Fsp3) is 0.326. The van der Waals surface area contributed by atoms with Gasteiger partial charge in [-0.15, -0.1) is 0 Å². The number of ether oxygens (including phenoxy) is 3. The first-order valence-electron chi connectivity index (χ1n) is 18.8. The summed E-state index contributed by atoms with van der Waals surface area (Å²) in [4.78, 5) is 40.5. The highest BCUT2D eigenvalue weighted by Crippen LogP contribution is 2.42. The molecule has 54 heavy (non-hydrogen) atoms. The van der Waals surface area contributed by atoms with Crippen LogP contribution in [0.3, 0.4) is 0 Å². The number of anilines is 1. The SMILES string of the molecule is O=C(c1cc(-c2cc3c(cc2C(=O)N2Cc4ccccc4C[C@H]2CN2CCOCC2)OCO3)n2c1CCCC2)N(Cc1cccnc1)c1ccc(O)cc1. The third-order valence-electron chi connectivity index (χ3n) is 11.2. The summed E-state index contributed by atoms with van der Waals surface area (Å²) in [7, 11) is 0. The van der Waals surface area contributed by atoms with Crippen LogP contribution in [0.4, 0.5) is 5.69 Å². The van der Waals surface area contributed by atoms with E-state index in [0.717, 1.165) is 79.9 Å². The third-order valence-corrected chi connectivity index (χ3v) is 11.2. The fourth-order valence-electron chi connectivity index (χ4n) is 8.37. The largest absolute Gasteiger partial charge is 0.508 e. The van der Waals surface area contributed by atoms with Crippen LogP contribution in [-0.2, 0) is 37.2 Å². The van der Waals surface area contributed by atoms with Crippen LogP contribution < -0.4 is 14.4 Å². The average molecular weight is 726 g/mol. The highest BCUT2D eigenvalue weighted by Gasteiger charge is 2.36. The number of fused-ring (bicyclic) bond motifs is 3. The van der Waals surface area contributed by atoms with Crippen LogP contribution in [0, 0.1) is 0 Å². The average Bonchev–Trinajstić information content (AvgIpc) is 3.84. The number of aromatic nitrogens is 2. The zero-order valence-corrected chi connectivity index (χ0v) is 30.2. The summed E-state index contributed by atoms with van der Waals surface area (Å²) in [6, 6.07) is 24.6. The number of amides is 2. The van der Waals surface area contributed by atoms with E-state index >= 15 is 4.79 Å². The zero-order valence-electron chi connectivity index (χ0n) is 30.2. The Bertz CT molecular complexity index is 2180. The maximum atomic E-state index is 15.2. The zero-order chi connectivity index (χ0) is 36.6. The van der Waals surface area contributed by atoms with Gasteiger partial charge in [0, 0.05) is 73.8 Å². The molecule has 4 aliphatic heterocycles. The van der Waals surface area contributed by atoms with Crippen molar-refractivity contribution in [2.75, 3.05) is 44.5 Å². The molecule has 1 fully saturated rings. The third kappa shape index (κ3) is 6.58. The summed E-state index contributed by atoms with van der Waals surface area (Å²) in [6.45, 7) is 5.41. The Labute approximate surface area is 314 Å². The van der Waals surface area contributed by atoms with Gasteiger partial charge in [-0.1, -0.05) is 30.3 Å². The second-order valence-corrected chi connectivity index (χ2v) is 14.5. The minimum Gasteiger partial charge on any atom is -0.508 e. The van der Waals surface area contributed by atoms with E-state index in [1.54, 1.807) is 41.6 Å². The number of carbonyl (C=O) groups excluding carboxylic acids is 2. The van der Waals surface area contributed by atoms with Gasteiger partial charge in [0.05, 0.1) is 30.9 Å². The normalized spacial score (nSPS) is 17.9. The summed E-state index contributed by atoms with van der Waals surface area (Å²) in [5.74, 6) is 1.02. The standard InChI is InChI=1S/C43H43N5O6/c49-34-12-10-32(11-13-34)47(25-29-6-5-14-44-24-29)43(51)37-21-39(46-15-4-3-9-38(37)46)35-22-40-41(54-28-53-40)23-36(35)42(50)48-26-31-8-2-1-7-30(31)20-33(48)27-45-16-18-52-19-17-45/h1-2,5-8,10-14,21-24,33,49H,3-4,9,15-20,25-28H2/t33-/m0/s1. The molecule has 5 aromatic rings. The summed E-state index contributed by atoms with van der Waals surface area (Å²) in [6.07, 6.45) is 6.88. The number of rotatable bonds is 8. The van der Waals surface area contributed by atoms with Gasteiger partial charge < -0.3 is 33.7 Å². The Kier molecular flexibility index (Phi) is 9.26. The molecular formula is C43H43N5O6. The van der Waals surface area contributed by atoms with Crippen molar-refractivity contribution >= 4 is 17.5 Å². The molecule has 6 heterocycles. The van der Waals surface area contributed by atoms with Gasteiger partial charge in [0.2, 0.25) is 6.79 Å². The van der Waals surface area contributed by atoms with E-state index in [0.29, 0.717) is 54.6 Å². The molecule has 0 unspecified atom stereocenters. The molecule has 1 atom stereocenters. The molecule has 0 saturated carbocycles. The summed E-state index contributed by atoms with van der Waals surface area (Å²) in [5, 5.41) is 10.1. The predicted molar refractivity (Wildman–Crippen MR) is 203 cm³/mol. The van der Waals surface area contributed by atoms with Crippen molar-refractivity contribution < 1.29 is 28.9 Å². The van der Waals surface area contributed by atoms with E-state index in [9.17, 15) is 9.90 Å². The number of phenols is 1. The number of aromatic hydroxyl groups is 1. The topological polar surface area (TPSA) is 110 Å². The molecule has 11 heteroatoms. The van der Waals surface area contributed by atoms with Crippen molar-refractivity contribution in [3.05, 3.63) is 125 Å².